The minimum atomic E-state index is -0.0744. The molecule has 96 valence electrons. The molecule has 1 heterocycles. The molecule has 2 aromatic rings. The fourth-order valence-corrected chi connectivity index (χ4v) is 2.33. The Hall–Kier alpha value is -2.09. The quantitative estimate of drug-likeness (QED) is 0.838. The van der Waals surface area contributed by atoms with Crippen LogP contribution in [0.3, 0.4) is 0 Å². The van der Waals surface area contributed by atoms with Crippen LogP contribution >= 0.6 is 11.3 Å². The molecule has 0 aliphatic rings. The number of carbonyl (C=O) groups excluding carboxylic acids is 1. The molecule has 2 rings (SSSR count). The lowest BCUT2D eigenvalue weighted by Gasteiger charge is -2.02. The summed E-state index contributed by atoms with van der Waals surface area (Å²) >= 11 is 1.37. The molecule has 3 N–H and O–H groups in total. The lowest BCUT2D eigenvalue weighted by molar-refractivity contribution is 0.0955. The second-order valence-electron chi connectivity index (χ2n) is 3.84. The van der Waals surface area contributed by atoms with E-state index in [1.165, 1.54) is 11.3 Å². The summed E-state index contributed by atoms with van der Waals surface area (Å²) in [6.07, 6.45) is 0. The predicted molar refractivity (Wildman–Crippen MR) is 77.9 cm³/mol. The van der Waals surface area contributed by atoms with Gasteiger partial charge in [0, 0.05) is 6.54 Å². The molecular formula is C15H14N2OS. The number of amides is 1. The highest BCUT2D eigenvalue weighted by Gasteiger charge is 2.07. The highest BCUT2D eigenvalue weighted by atomic mass is 32.1. The maximum atomic E-state index is 11.9. The largest absolute Gasteiger partial charge is 0.347 e. The number of carbonyl (C=O) groups is 1. The Labute approximate surface area is 116 Å². The number of nitrogens with two attached hydrogens (primary N) is 1. The average molecular weight is 270 g/mol. The third-order valence-electron chi connectivity index (χ3n) is 2.44. The Bertz CT molecular complexity index is 608. The summed E-state index contributed by atoms with van der Waals surface area (Å²) < 4.78 is 0. The summed E-state index contributed by atoms with van der Waals surface area (Å²) in [7, 11) is 0. The van der Waals surface area contributed by atoms with E-state index in [0.717, 1.165) is 10.4 Å². The summed E-state index contributed by atoms with van der Waals surface area (Å²) in [5.74, 6) is 5.61. The van der Waals surface area contributed by atoms with Gasteiger partial charge >= 0.3 is 0 Å². The van der Waals surface area contributed by atoms with Crippen LogP contribution in [0.25, 0.3) is 0 Å². The summed E-state index contributed by atoms with van der Waals surface area (Å²) in [6, 6.07) is 13.4. The van der Waals surface area contributed by atoms with Gasteiger partial charge in [0.25, 0.3) is 5.91 Å². The van der Waals surface area contributed by atoms with Crippen LogP contribution in [0.1, 0.15) is 20.1 Å². The van der Waals surface area contributed by atoms with Crippen molar-refractivity contribution in [1.29, 1.82) is 0 Å². The van der Waals surface area contributed by atoms with Crippen molar-refractivity contribution in [2.24, 2.45) is 5.73 Å². The Morgan fingerprint density at radius 1 is 1.21 bits per heavy atom. The summed E-state index contributed by atoms with van der Waals surface area (Å²) in [6.45, 7) is 0.856. The van der Waals surface area contributed by atoms with E-state index in [1.807, 2.05) is 36.4 Å². The van der Waals surface area contributed by atoms with Crippen LogP contribution < -0.4 is 11.1 Å². The SMILES string of the molecule is NCC#Cc1ccc(C(=O)NCc2ccccc2)s1. The van der Waals surface area contributed by atoms with Gasteiger partial charge in [-0.1, -0.05) is 42.2 Å². The van der Waals surface area contributed by atoms with Crippen molar-refractivity contribution in [1.82, 2.24) is 5.32 Å². The molecule has 1 aromatic carbocycles. The number of nitrogens with one attached hydrogen (secondary N) is 1. The van der Waals surface area contributed by atoms with Gasteiger partial charge in [0.1, 0.15) is 0 Å². The van der Waals surface area contributed by atoms with E-state index in [1.54, 1.807) is 6.07 Å². The molecule has 3 nitrogen and oxygen atoms in total. The van der Waals surface area contributed by atoms with Gasteiger partial charge in [-0.25, -0.2) is 0 Å². The summed E-state index contributed by atoms with van der Waals surface area (Å²) in [5, 5.41) is 2.88. The van der Waals surface area contributed by atoms with Gasteiger partial charge in [-0.15, -0.1) is 11.3 Å². The summed E-state index contributed by atoms with van der Waals surface area (Å²) in [5.41, 5.74) is 6.39. The zero-order valence-electron chi connectivity index (χ0n) is 10.3. The minimum absolute atomic E-state index is 0.0744. The van der Waals surface area contributed by atoms with Crippen molar-refractivity contribution in [3.8, 4) is 11.8 Å². The number of hydrogen-bond donors (Lipinski definition) is 2. The zero-order chi connectivity index (χ0) is 13.5. The Morgan fingerprint density at radius 2 is 2.00 bits per heavy atom. The van der Waals surface area contributed by atoms with Gasteiger partial charge in [0.2, 0.25) is 0 Å². The normalized spacial score (nSPS) is 9.53. The molecule has 0 saturated carbocycles. The molecule has 1 aromatic heterocycles. The lowest BCUT2D eigenvalue weighted by atomic mass is 10.2. The molecule has 0 fully saturated rings. The molecule has 0 saturated heterocycles. The van der Waals surface area contributed by atoms with E-state index < -0.39 is 0 Å². The average Bonchev–Trinajstić information content (AvgIpc) is 2.92. The fraction of sp³-hybridized carbons (Fsp3) is 0.133. The first-order valence-corrected chi connectivity index (χ1v) is 6.72. The highest BCUT2D eigenvalue weighted by molar-refractivity contribution is 7.14. The Kier molecular flexibility index (Phi) is 4.73. The number of benzene rings is 1. The zero-order valence-corrected chi connectivity index (χ0v) is 11.2. The van der Waals surface area contributed by atoms with Crippen molar-refractivity contribution >= 4 is 17.2 Å². The van der Waals surface area contributed by atoms with Gasteiger partial charge in [-0.05, 0) is 17.7 Å². The van der Waals surface area contributed by atoms with Crippen LogP contribution in [0.2, 0.25) is 0 Å². The standard InChI is InChI=1S/C15H14N2OS/c16-10-4-7-13-8-9-14(19-13)15(18)17-11-12-5-2-1-3-6-12/h1-3,5-6,8-9H,10-11,16H2,(H,17,18). The topological polar surface area (TPSA) is 55.1 Å². The Morgan fingerprint density at radius 3 is 2.74 bits per heavy atom. The van der Waals surface area contributed by atoms with Gasteiger partial charge in [0.15, 0.2) is 0 Å². The van der Waals surface area contributed by atoms with Gasteiger partial charge in [-0.3, -0.25) is 4.79 Å². The molecule has 0 atom stereocenters. The van der Waals surface area contributed by atoms with Crippen molar-refractivity contribution in [3.63, 3.8) is 0 Å². The monoisotopic (exact) mass is 270 g/mol. The molecule has 1 amide bonds. The molecule has 19 heavy (non-hydrogen) atoms. The van der Waals surface area contributed by atoms with Crippen LogP contribution in [0.15, 0.2) is 42.5 Å². The first kappa shape index (κ1) is 13.3. The van der Waals surface area contributed by atoms with E-state index >= 15 is 0 Å². The predicted octanol–water partition coefficient (Wildman–Crippen LogP) is 1.99. The third-order valence-corrected chi connectivity index (χ3v) is 3.44. The molecule has 4 heteroatoms. The van der Waals surface area contributed by atoms with Crippen molar-refractivity contribution in [2.75, 3.05) is 6.54 Å². The van der Waals surface area contributed by atoms with E-state index in [-0.39, 0.29) is 5.91 Å². The van der Waals surface area contributed by atoms with E-state index in [0.29, 0.717) is 18.0 Å². The maximum Gasteiger partial charge on any atom is 0.261 e. The number of thiophene rings is 1. The minimum Gasteiger partial charge on any atom is -0.347 e. The number of rotatable bonds is 3. The van der Waals surface area contributed by atoms with Crippen LogP contribution in [-0.2, 0) is 6.54 Å². The smallest absolute Gasteiger partial charge is 0.261 e. The van der Waals surface area contributed by atoms with Crippen molar-refractivity contribution < 1.29 is 4.79 Å². The molecule has 0 aliphatic heterocycles. The van der Waals surface area contributed by atoms with Crippen molar-refractivity contribution in [3.05, 3.63) is 57.8 Å². The number of hydrogen-bond acceptors (Lipinski definition) is 3. The molecular weight excluding hydrogens is 256 g/mol. The lowest BCUT2D eigenvalue weighted by Crippen LogP contribution is -2.21. The molecule has 0 aliphatic carbocycles. The second kappa shape index (κ2) is 6.74. The van der Waals surface area contributed by atoms with Crippen LogP contribution in [0.4, 0.5) is 0 Å². The first-order chi connectivity index (χ1) is 9.29. The molecule has 0 bridgehead atoms. The maximum absolute atomic E-state index is 11.9. The van der Waals surface area contributed by atoms with Crippen LogP contribution in [0.5, 0.6) is 0 Å². The molecule has 0 unspecified atom stereocenters. The van der Waals surface area contributed by atoms with Gasteiger partial charge in [0.05, 0.1) is 16.3 Å². The fourth-order valence-electron chi connectivity index (χ4n) is 1.53. The molecule has 0 spiro atoms. The molecule has 0 radical (unpaired) electrons. The Balaban J connectivity index is 1.95. The van der Waals surface area contributed by atoms with Crippen LogP contribution in [-0.4, -0.2) is 12.5 Å². The van der Waals surface area contributed by atoms with Crippen molar-refractivity contribution in [2.45, 2.75) is 6.54 Å². The van der Waals surface area contributed by atoms with E-state index in [2.05, 4.69) is 17.2 Å². The first-order valence-electron chi connectivity index (χ1n) is 5.90. The van der Waals surface area contributed by atoms with E-state index in [9.17, 15) is 4.79 Å². The van der Waals surface area contributed by atoms with Gasteiger partial charge in [-0.2, -0.15) is 0 Å². The summed E-state index contributed by atoms with van der Waals surface area (Å²) in [4.78, 5) is 13.5. The van der Waals surface area contributed by atoms with Gasteiger partial charge < -0.3 is 11.1 Å². The van der Waals surface area contributed by atoms with E-state index in [4.69, 9.17) is 5.73 Å². The second-order valence-corrected chi connectivity index (χ2v) is 4.92. The third kappa shape index (κ3) is 3.95. The highest BCUT2D eigenvalue weighted by Crippen LogP contribution is 2.15. The van der Waals surface area contributed by atoms with Crippen LogP contribution in [0, 0.1) is 11.8 Å².